The first kappa shape index (κ1) is 19.5. The zero-order valence-electron chi connectivity index (χ0n) is 17.2. The van der Waals surface area contributed by atoms with Crippen LogP contribution in [0.4, 0.5) is 5.69 Å². The lowest BCUT2D eigenvalue weighted by atomic mass is 9.99. The zero-order chi connectivity index (χ0) is 21.6. The van der Waals surface area contributed by atoms with E-state index in [0.29, 0.717) is 17.7 Å². The quantitative estimate of drug-likeness (QED) is 0.566. The minimum absolute atomic E-state index is 0.253. The number of carbonyl (C=O) groups excluding carboxylic acids is 1. The van der Waals surface area contributed by atoms with Gasteiger partial charge in [0.1, 0.15) is 5.65 Å². The smallest absolute Gasteiger partial charge is 0.321 e. The average molecular weight is 403 g/mol. The molecule has 0 aliphatic rings. The van der Waals surface area contributed by atoms with E-state index in [1.807, 2.05) is 38.1 Å². The van der Waals surface area contributed by atoms with Crippen molar-refractivity contribution in [3.05, 3.63) is 74.2 Å². The van der Waals surface area contributed by atoms with Crippen molar-refractivity contribution in [1.82, 2.24) is 19.1 Å². The molecule has 8 heteroatoms. The molecule has 0 fully saturated rings. The van der Waals surface area contributed by atoms with E-state index >= 15 is 0 Å². The molecule has 1 aromatic carbocycles. The van der Waals surface area contributed by atoms with E-state index in [4.69, 9.17) is 0 Å². The first-order valence-corrected chi connectivity index (χ1v) is 9.58. The third-order valence-corrected chi connectivity index (χ3v) is 5.35. The lowest BCUT2D eigenvalue weighted by Gasteiger charge is -2.14. The fourth-order valence-electron chi connectivity index (χ4n) is 3.72. The second-order valence-electron chi connectivity index (χ2n) is 7.18. The first-order valence-electron chi connectivity index (χ1n) is 9.58. The summed E-state index contributed by atoms with van der Waals surface area (Å²) in [6.07, 6.45) is 2.15. The number of hydrogen-bond acceptors (Lipinski definition) is 5. The van der Waals surface area contributed by atoms with E-state index in [-0.39, 0.29) is 16.9 Å². The van der Waals surface area contributed by atoms with Crippen LogP contribution in [0.3, 0.4) is 0 Å². The van der Waals surface area contributed by atoms with Gasteiger partial charge in [0, 0.05) is 25.2 Å². The van der Waals surface area contributed by atoms with E-state index in [1.54, 1.807) is 13.1 Å². The molecule has 3 heterocycles. The fourth-order valence-corrected chi connectivity index (χ4v) is 3.72. The van der Waals surface area contributed by atoms with Gasteiger partial charge in [-0.05, 0) is 31.0 Å². The molecule has 4 rings (SSSR count). The van der Waals surface area contributed by atoms with Crippen LogP contribution in [-0.4, -0.2) is 25.0 Å². The minimum Gasteiger partial charge on any atom is -0.321 e. The Morgan fingerprint density at radius 2 is 1.83 bits per heavy atom. The number of carbonyl (C=O) groups is 1. The van der Waals surface area contributed by atoms with E-state index < -0.39 is 11.2 Å². The molecule has 0 bridgehead atoms. The summed E-state index contributed by atoms with van der Waals surface area (Å²) in [5.74, 6) is -0.302. The molecule has 0 spiro atoms. The number of anilines is 1. The highest BCUT2D eigenvalue weighted by Gasteiger charge is 2.18. The normalized spacial score (nSPS) is 11.2. The molecule has 0 aliphatic heterocycles. The third kappa shape index (κ3) is 2.97. The summed E-state index contributed by atoms with van der Waals surface area (Å²) < 4.78 is 2.32. The number of hydrogen-bond donors (Lipinski definition) is 1. The van der Waals surface area contributed by atoms with Gasteiger partial charge in [-0.25, -0.2) is 9.78 Å². The summed E-state index contributed by atoms with van der Waals surface area (Å²) in [5, 5.41) is 3.86. The molecule has 4 aromatic rings. The average Bonchev–Trinajstić information content (AvgIpc) is 2.75. The van der Waals surface area contributed by atoms with Crippen LogP contribution in [0.2, 0.25) is 0 Å². The van der Waals surface area contributed by atoms with Crippen LogP contribution in [0.1, 0.15) is 28.5 Å². The maximum absolute atomic E-state index is 13.2. The Hall–Kier alpha value is -3.81. The summed E-state index contributed by atoms with van der Waals surface area (Å²) >= 11 is 0. The number of aromatic nitrogens is 4. The fraction of sp³-hybridized carbons (Fsp3) is 0.227. The van der Waals surface area contributed by atoms with Crippen LogP contribution in [0.25, 0.3) is 21.9 Å². The Labute approximate surface area is 171 Å². The topological polar surface area (TPSA) is 98.9 Å². The first-order chi connectivity index (χ1) is 14.3. The number of nitrogens with one attached hydrogen (secondary N) is 1. The molecule has 0 aliphatic carbocycles. The van der Waals surface area contributed by atoms with Gasteiger partial charge in [0.25, 0.3) is 11.5 Å². The van der Waals surface area contributed by atoms with Gasteiger partial charge in [-0.1, -0.05) is 25.1 Å². The predicted octanol–water partition coefficient (Wildman–Crippen LogP) is 2.30. The molecule has 0 unspecified atom stereocenters. The molecular weight excluding hydrogens is 382 g/mol. The zero-order valence-corrected chi connectivity index (χ0v) is 17.2. The van der Waals surface area contributed by atoms with Crippen molar-refractivity contribution in [3.63, 3.8) is 0 Å². The van der Waals surface area contributed by atoms with Gasteiger partial charge in [-0.2, -0.15) is 0 Å². The standard InChI is InChI=1S/C22H21N5O3/c1-5-16-12(2)18(14-8-6-7-9-17(14)25-16)20(28)24-13-10-15-19(23-11-13)26(3)22(30)27(4)21(15)29/h6-11H,5H2,1-4H3,(H,24,28). The Morgan fingerprint density at radius 1 is 1.10 bits per heavy atom. The Kier molecular flexibility index (Phi) is 4.69. The van der Waals surface area contributed by atoms with Crippen molar-refractivity contribution in [1.29, 1.82) is 0 Å². The molecule has 152 valence electrons. The highest BCUT2D eigenvalue weighted by atomic mass is 16.2. The summed E-state index contributed by atoms with van der Waals surface area (Å²) in [6.45, 7) is 3.89. The molecule has 30 heavy (non-hydrogen) atoms. The van der Waals surface area contributed by atoms with Gasteiger partial charge in [-0.3, -0.25) is 23.7 Å². The molecule has 0 saturated heterocycles. The van der Waals surface area contributed by atoms with Crippen molar-refractivity contribution in [3.8, 4) is 0 Å². The van der Waals surface area contributed by atoms with E-state index in [2.05, 4.69) is 15.3 Å². The van der Waals surface area contributed by atoms with Gasteiger partial charge < -0.3 is 5.32 Å². The number of rotatable bonds is 3. The van der Waals surface area contributed by atoms with E-state index in [9.17, 15) is 14.4 Å². The SMILES string of the molecule is CCc1nc2ccccc2c(C(=O)Nc2cnc3c(c2)c(=O)n(C)c(=O)n3C)c1C. The van der Waals surface area contributed by atoms with Crippen molar-refractivity contribution in [2.24, 2.45) is 14.1 Å². The van der Waals surface area contributed by atoms with Gasteiger partial charge >= 0.3 is 5.69 Å². The van der Waals surface area contributed by atoms with E-state index in [0.717, 1.165) is 26.7 Å². The Balaban J connectivity index is 1.84. The van der Waals surface area contributed by atoms with Crippen molar-refractivity contribution < 1.29 is 4.79 Å². The predicted molar refractivity (Wildman–Crippen MR) is 116 cm³/mol. The van der Waals surface area contributed by atoms with Crippen LogP contribution >= 0.6 is 0 Å². The molecule has 0 radical (unpaired) electrons. The summed E-state index contributed by atoms with van der Waals surface area (Å²) in [7, 11) is 2.96. The van der Waals surface area contributed by atoms with Crippen LogP contribution in [-0.2, 0) is 20.5 Å². The summed E-state index contributed by atoms with van der Waals surface area (Å²) in [6, 6.07) is 9.05. The number of amides is 1. The lowest BCUT2D eigenvalue weighted by Crippen LogP contribution is -2.37. The van der Waals surface area contributed by atoms with Gasteiger partial charge in [-0.15, -0.1) is 0 Å². The second-order valence-corrected chi connectivity index (χ2v) is 7.18. The number of nitrogens with zero attached hydrogens (tertiary/aromatic N) is 4. The molecule has 3 aromatic heterocycles. The second kappa shape index (κ2) is 7.22. The number of fused-ring (bicyclic) bond motifs is 2. The van der Waals surface area contributed by atoms with Crippen LogP contribution in [0, 0.1) is 6.92 Å². The molecular formula is C22H21N5O3. The highest BCUT2D eigenvalue weighted by molar-refractivity contribution is 6.13. The lowest BCUT2D eigenvalue weighted by molar-refractivity contribution is 0.102. The molecule has 8 nitrogen and oxygen atoms in total. The number of benzene rings is 1. The van der Waals surface area contributed by atoms with Crippen molar-refractivity contribution >= 4 is 33.5 Å². The maximum Gasteiger partial charge on any atom is 0.332 e. The Morgan fingerprint density at radius 3 is 2.57 bits per heavy atom. The largest absolute Gasteiger partial charge is 0.332 e. The Bertz CT molecular complexity index is 1450. The highest BCUT2D eigenvalue weighted by Crippen LogP contribution is 2.25. The number of pyridine rings is 2. The van der Waals surface area contributed by atoms with Gasteiger partial charge in [0.2, 0.25) is 0 Å². The number of para-hydroxylation sites is 1. The third-order valence-electron chi connectivity index (χ3n) is 5.35. The van der Waals surface area contributed by atoms with Crippen LogP contribution in [0.15, 0.2) is 46.1 Å². The summed E-state index contributed by atoms with van der Waals surface area (Å²) in [5.41, 5.74) is 2.71. The van der Waals surface area contributed by atoms with Gasteiger partial charge in [0.15, 0.2) is 0 Å². The maximum atomic E-state index is 13.2. The minimum atomic E-state index is -0.462. The van der Waals surface area contributed by atoms with Crippen LogP contribution < -0.4 is 16.6 Å². The van der Waals surface area contributed by atoms with Crippen molar-refractivity contribution in [2.75, 3.05) is 5.32 Å². The summed E-state index contributed by atoms with van der Waals surface area (Å²) in [4.78, 5) is 46.7. The van der Waals surface area contributed by atoms with Gasteiger partial charge in [0.05, 0.1) is 28.4 Å². The molecule has 1 N–H and O–H groups in total. The molecule has 1 amide bonds. The molecule has 0 saturated carbocycles. The van der Waals surface area contributed by atoms with E-state index in [1.165, 1.54) is 17.8 Å². The monoisotopic (exact) mass is 403 g/mol. The van der Waals surface area contributed by atoms with Crippen molar-refractivity contribution in [2.45, 2.75) is 20.3 Å². The number of aryl methyl sites for hydroxylation is 2. The molecule has 0 atom stereocenters. The van der Waals surface area contributed by atoms with Crippen LogP contribution in [0.5, 0.6) is 0 Å².